The van der Waals surface area contributed by atoms with E-state index in [9.17, 15) is 14.4 Å². The number of unbranched alkanes of at least 4 members (excludes halogenated alkanes) is 3. The van der Waals surface area contributed by atoms with E-state index in [4.69, 9.17) is 9.84 Å². The van der Waals surface area contributed by atoms with Gasteiger partial charge in [-0.25, -0.2) is 4.68 Å². The summed E-state index contributed by atoms with van der Waals surface area (Å²) in [6.45, 7) is 0.977. The molecule has 5 atom stereocenters. The van der Waals surface area contributed by atoms with Crippen molar-refractivity contribution in [2.45, 2.75) is 69.5 Å². The Kier molecular flexibility index (Phi) is 7.72. The zero-order valence-electron chi connectivity index (χ0n) is 22.9. The summed E-state index contributed by atoms with van der Waals surface area (Å²) < 4.78 is 8.12. The largest absolute Gasteiger partial charge is 0.396 e. The third-order valence-electron chi connectivity index (χ3n) is 8.79. The van der Waals surface area contributed by atoms with Crippen molar-refractivity contribution >= 4 is 28.8 Å². The van der Waals surface area contributed by atoms with Gasteiger partial charge in [0.05, 0.1) is 23.5 Å². The van der Waals surface area contributed by atoms with Crippen LogP contribution < -0.4 is 10.6 Å². The quantitative estimate of drug-likeness (QED) is 0.287. The smallest absolute Gasteiger partial charge is 0.247 e. The number of nitrogens with one attached hydrogen (secondary N) is 2. The van der Waals surface area contributed by atoms with Crippen molar-refractivity contribution in [1.82, 2.24) is 30.5 Å². The van der Waals surface area contributed by atoms with Crippen LogP contribution in [0.5, 0.6) is 0 Å². The number of hydrogen-bond donors (Lipinski definition) is 3. The molecule has 0 saturated carbocycles. The normalized spacial score (nSPS) is 26.5. The van der Waals surface area contributed by atoms with E-state index in [0.717, 1.165) is 29.4 Å². The number of aromatic nitrogens is 3. The Morgan fingerprint density at radius 1 is 1.00 bits per heavy atom. The number of para-hydroxylation sites is 1. The molecule has 3 aromatic rings. The number of hydrogen-bond acceptors (Lipinski definition) is 7. The predicted molar refractivity (Wildman–Crippen MR) is 149 cm³/mol. The lowest BCUT2D eigenvalue weighted by molar-refractivity contribution is -0.142. The molecule has 216 valence electrons. The van der Waals surface area contributed by atoms with Gasteiger partial charge in [-0.15, -0.1) is 5.10 Å². The summed E-state index contributed by atoms with van der Waals surface area (Å²) in [7, 11) is 0. The highest BCUT2D eigenvalue weighted by Gasteiger charge is 2.74. The maximum Gasteiger partial charge on any atom is 0.247 e. The first-order valence-electron chi connectivity index (χ1n) is 14.5. The van der Waals surface area contributed by atoms with Crippen LogP contribution in [0, 0.1) is 11.8 Å². The lowest BCUT2D eigenvalue weighted by Gasteiger charge is -2.33. The highest BCUT2D eigenvalue weighted by Crippen LogP contribution is 2.58. The SMILES string of the molecule is O=C(NCn1nnc2ccccc21)C1N(CCCCCCO)C(=O)[C@@H]2[C@@H](C(=O)NCc3ccccc3)[C@H]3CCC12O3. The van der Waals surface area contributed by atoms with Gasteiger partial charge in [0.2, 0.25) is 17.7 Å². The summed E-state index contributed by atoms with van der Waals surface area (Å²) in [5.74, 6) is -2.08. The Hall–Kier alpha value is -3.83. The summed E-state index contributed by atoms with van der Waals surface area (Å²) in [6.07, 6.45) is 3.82. The third kappa shape index (κ3) is 4.97. The van der Waals surface area contributed by atoms with Crippen molar-refractivity contribution < 1.29 is 24.2 Å². The van der Waals surface area contributed by atoms with E-state index in [2.05, 4.69) is 20.9 Å². The molecule has 3 saturated heterocycles. The highest BCUT2D eigenvalue weighted by molar-refractivity contribution is 5.98. The molecule has 1 aromatic heterocycles. The molecule has 3 amide bonds. The van der Waals surface area contributed by atoms with Crippen LogP contribution in [0.15, 0.2) is 54.6 Å². The second-order valence-electron chi connectivity index (χ2n) is 11.2. The fraction of sp³-hybridized carbons (Fsp3) is 0.500. The van der Waals surface area contributed by atoms with Crippen molar-refractivity contribution in [3.8, 4) is 0 Å². The van der Waals surface area contributed by atoms with Crippen molar-refractivity contribution in [2.75, 3.05) is 13.2 Å². The van der Waals surface area contributed by atoms with Crippen LogP contribution in [-0.4, -0.2) is 73.6 Å². The molecule has 1 spiro atoms. The summed E-state index contributed by atoms with van der Waals surface area (Å²) >= 11 is 0. The highest BCUT2D eigenvalue weighted by atomic mass is 16.5. The van der Waals surface area contributed by atoms with Gasteiger partial charge in [-0.2, -0.15) is 0 Å². The van der Waals surface area contributed by atoms with E-state index in [1.54, 1.807) is 9.58 Å². The maximum absolute atomic E-state index is 14.0. The summed E-state index contributed by atoms with van der Waals surface area (Å²) in [4.78, 5) is 43.1. The molecular formula is C30H36N6O5. The van der Waals surface area contributed by atoms with E-state index in [0.29, 0.717) is 38.8 Å². The predicted octanol–water partition coefficient (Wildman–Crippen LogP) is 1.75. The monoisotopic (exact) mass is 560 g/mol. The molecule has 41 heavy (non-hydrogen) atoms. The van der Waals surface area contributed by atoms with Gasteiger partial charge in [0, 0.05) is 19.7 Å². The molecule has 0 aliphatic carbocycles. The van der Waals surface area contributed by atoms with Gasteiger partial charge in [-0.05, 0) is 43.4 Å². The molecular weight excluding hydrogens is 524 g/mol. The number of rotatable bonds is 12. The Balaban J connectivity index is 1.22. The van der Waals surface area contributed by atoms with Crippen molar-refractivity contribution in [3.05, 3.63) is 60.2 Å². The topological polar surface area (TPSA) is 139 Å². The number of aliphatic hydroxyl groups is 1. The van der Waals surface area contributed by atoms with Gasteiger partial charge in [-0.3, -0.25) is 14.4 Å². The Morgan fingerprint density at radius 3 is 2.61 bits per heavy atom. The number of carbonyl (C=O) groups is 3. The molecule has 2 aromatic carbocycles. The zero-order valence-corrected chi connectivity index (χ0v) is 22.9. The Morgan fingerprint density at radius 2 is 1.78 bits per heavy atom. The average molecular weight is 561 g/mol. The van der Waals surface area contributed by atoms with Gasteiger partial charge >= 0.3 is 0 Å². The first-order chi connectivity index (χ1) is 20.0. The number of fused-ring (bicyclic) bond motifs is 2. The molecule has 11 nitrogen and oxygen atoms in total. The van der Waals surface area contributed by atoms with Crippen LogP contribution >= 0.6 is 0 Å². The molecule has 2 unspecified atom stereocenters. The molecule has 3 aliphatic heterocycles. The molecule has 3 aliphatic rings. The average Bonchev–Trinajstić information content (AvgIpc) is 3.74. The second kappa shape index (κ2) is 11.6. The minimum Gasteiger partial charge on any atom is -0.396 e. The van der Waals surface area contributed by atoms with Gasteiger partial charge in [0.1, 0.15) is 23.8 Å². The molecule has 3 N–H and O–H groups in total. The van der Waals surface area contributed by atoms with Gasteiger partial charge in [0.15, 0.2) is 0 Å². The van der Waals surface area contributed by atoms with Crippen LogP contribution in [0.4, 0.5) is 0 Å². The number of amides is 3. The van der Waals surface area contributed by atoms with Crippen molar-refractivity contribution in [2.24, 2.45) is 11.8 Å². The van der Waals surface area contributed by atoms with Crippen LogP contribution in [0.25, 0.3) is 11.0 Å². The second-order valence-corrected chi connectivity index (χ2v) is 11.2. The minimum atomic E-state index is -1.05. The third-order valence-corrected chi connectivity index (χ3v) is 8.79. The fourth-order valence-electron chi connectivity index (χ4n) is 6.93. The van der Waals surface area contributed by atoms with Crippen molar-refractivity contribution in [3.63, 3.8) is 0 Å². The van der Waals surface area contributed by atoms with Crippen LogP contribution in [-0.2, 0) is 32.3 Å². The van der Waals surface area contributed by atoms with E-state index in [-0.39, 0.29) is 31.0 Å². The first kappa shape index (κ1) is 27.3. The minimum absolute atomic E-state index is 0.0968. The number of nitrogens with zero attached hydrogens (tertiary/aromatic N) is 4. The van der Waals surface area contributed by atoms with E-state index < -0.39 is 29.6 Å². The Labute approximate surface area is 238 Å². The fourth-order valence-corrected chi connectivity index (χ4v) is 6.93. The van der Waals surface area contributed by atoms with Gasteiger partial charge in [-0.1, -0.05) is 60.5 Å². The van der Waals surface area contributed by atoms with E-state index in [1.165, 1.54) is 0 Å². The molecule has 2 bridgehead atoms. The number of aliphatic hydroxyl groups excluding tert-OH is 1. The molecule has 4 heterocycles. The summed E-state index contributed by atoms with van der Waals surface area (Å²) in [5, 5.41) is 23.4. The maximum atomic E-state index is 14.0. The molecule has 6 rings (SSSR count). The summed E-state index contributed by atoms with van der Waals surface area (Å²) in [6, 6.07) is 16.3. The Bertz CT molecular complexity index is 1410. The number of benzene rings is 2. The van der Waals surface area contributed by atoms with Crippen LogP contribution in [0.3, 0.4) is 0 Å². The van der Waals surface area contributed by atoms with Gasteiger partial charge < -0.3 is 25.4 Å². The van der Waals surface area contributed by atoms with E-state index >= 15 is 0 Å². The number of carbonyl (C=O) groups excluding carboxylic acids is 3. The number of likely N-dealkylation sites (tertiary alicyclic amines) is 1. The lowest BCUT2D eigenvalue weighted by atomic mass is 9.70. The van der Waals surface area contributed by atoms with Crippen LogP contribution in [0.1, 0.15) is 44.1 Å². The first-order valence-corrected chi connectivity index (χ1v) is 14.5. The lowest BCUT2D eigenvalue weighted by Crippen LogP contribution is -2.55. The van der Waals surface area contributed by atoms with E-state index in [1.807, 2.05) is 54.6 Å². The number of ether oxygens (including phenoxy) is 1. The van der Waals surface area contributed by atoms with Gasteiger partial charge in [0.25, 0.3) is 0 Å². The zero-order chi connectivity index (χ0) is 28.4. The molecule has 0 radical (unpaired) electrons. The molecule has 11 heteroatoms. The molecule has 3 fully saturated rings. The van der Waals surface area contributed by atoms with Crippen LogP contribution in [0.2, 0.25) is 0 Å². The van der Waals surface area contributed by atoms with Crippen molar-refractivity contribution in [1.29, 1.82) is 0 Å². The summed E-state index contributed by atoms with van der Waals surface area (Å²) in [5.41, 5.74) is 1.44. The standard InChI is InChI=1S/C30H36N6O5/c37-17-9-2-1-8-16-35-26(28(39)32-19-36-22-13-7-6-12-21(22)33-34-36)30-15-14-23(41-30)24(25(30)29(35)40)27(38)31-18-20-10-4-3-5-11-20/h3-7,10-13,23-26,37H,1-2,8-9,14-19H2,(H,31,38)(H,32,39)/t23-,24+,25+,26?,30?/m1/s1.